The topological polar surface area (TPSA) is 63.6 Å². The van der Waals surface area contributed by atoms with Crippen molar-refractivity contribution in [2.45, 2.75) is 18.9 Å². The number of rotatable bonds is 3. The van der Waals surface area contributed by atoms with Crippen molar-refractivity contribution in [2.75, 3.05) is 12.4 Å². The molecule has 0 aliphatic carbocycles. The van der Waals surface area contributed by atoms with Crippen molar-refractivity contribution in [1.82, 2.24) is 0 Å². The van der Waals surface area contributed by atoms with Crippen LogP contribution in [0.2, 0.25) is 0 Å². The first-order valence-corrected chi connectivity index (χ1v) is 6.25. The summed E-state index contributed by atoms with van der Waals surface area (Å²) in [5, 5.41) is 0. The predicted molar refractivity (Wildman–Crippen MR) is 43.0 cm³/mol. The van der Waals surface area contributed by atoms with Gasteiger partial charge >= 0.3 is 9.15 Å². The van der Waals surface area contributed by atoms with Crippen molar-refractivity contribution in [3.05, 3.63) is 0 Å². The highest BCUT2D eigenvalue weighted by molar-refractivity contribution is 8.69. The number of hydrogen-bond donors (Lipinski definition) is 1. The van der Waals surface area contributed by atoms with E-state index in [0.29, 0.717) is 23.2 Å². The summed E-state index contributed by atoms with van der Waals surface area (Å²) in [7, 11) is -3.34. The second-order valence-electron chi connectivity index (χ2n) is 2.35. The molecule has 0 amide bonds. The number of ether oxygens (including phenoxy) is 1. The molecule has 1 aliphatic rings. The maximum atomic E-state index is 10.3. The molecule has 4 nitrogen and oxygen atoms in total. The van der Waals surface area contributed by atoms with E-state index in [1.807, 2.05) is 0 Å². The quantitative estimate of drug-likeness (QED) is 0.534. The third kappa shape index (κ3) is 3.95. The first kappa shape index (κ1) is 9.31. The van der Waals surface area contributed by atoms with Crippen molar-refractivity contribution in [2.24, 2.45) is 0 Å². The lowest BCUT2D eigenvalue weighted by molar-refractivity contribution is 0.129. The van der Waals surface area contributed by atoms with E-state index in [1.165, 1.54) is 0 Å². The third-order valence-corrected chi connectivity index (χ3v) is 3.53. The van der Waals surface area contributed by atoms with Gasteiger partial charge in [-0.25, -0.2) is 0 Å². The van der Waals surface area contributed by atoms with Crippen molar-refractivity contribution in [3.63, 3.8) is 0 Å². The van der Waals surface area contributed by atoms with E-state index in [1.54, 1.807) is 0 Å². The Morgan fingerprint density at radius 3 is 2.82 bits per heavy atom. The summed E-state index contributed by atoms with van der Waals surface area (Å²) in [6, 6.07) is 0. The maximum Gasteiger partial charge on any atom is 0.319 e. The van der Waals surface area contributed by atoms with Crippen LogP contribution in [0.5, 0.6) is 0 Å². The molecule has 1 fully saturated rings. The molecule has 1 heterocycles. The zero-order valence-corrected chi connectivity index (χ0v) is 7.53. The molecule has 1 atom stereocenters. The van der Waals surface area contributed by atoms with Gasteiger partial charge in [0.2, 0.25) is 0 Å². The lowest BCUT2D eigenvalue weighted by Gasteiger charge is -2.05. The largest absolute Gasteiger partial charge is 0.377 e. The van der Waals surface area contributed by atoms with Gasteiger partial charge in [0.05, 0.1) is 6.10 Å². The molecular weight excluding hydrogens is 188 g/mol. The third-order valence-electron chi connectivity index (χ3n) is 1.43. The normalized spacial score (nSPS) is 25.7. The average molecular weight is 198 g/mol. The Bertz CT molecular complexity index is 205. The summed E-state index contributed by atoms with van der Waals surface area (Å²) in [4.78, 5) is 0. The van der Waals surface area contributed by atoms with Gasteiger partial charge in [-0.15, -0.1) is 0 Å². The molecule has 1 saturated heterocycles. The predicted octanol–water partition coefficient (Wildman–Crippen LogP) is 0.701. The lowest BCUT2D eigenvalue weighted by atomic mass is 10.3. The molecular formula is C5H10O4S2. The van der Waals surface area contributed by atoms with E-state index in [2.05, 4.69) is 0 Å². The highest BCUT2D eigenvalue weighted by Crippen LogP contribution is 2.19. The lowest BCUT2D eigenvalue weighted by Crippen LogP contribution is -2.09. The molecule has 0 radical (unpaired) electrons. The summed E-state index contributed by atoms with van der Waals surface area (Å²) in [5.41, 5.74) is 0. The number of hydrogen-bond acceptors (Lipinski definition) is 4. The van der Waals surface area contributed by atoms with Gasteiger partial charge in [-0.1, -0.05) is 0 Å². The summed E-state index contributed by atoms with van der Waals surface area (Å²) < 4.78 is 34.0. The van der Waals surface area contributed by atoms with Gasteiger partial charge in [0, 0.05) is 12.4 Å². The Hall–Kier alpha value is 0.220. The van der Waals surface area contributed by atoms with Gasteiger partial charge < -0.3 is 4.74 Å². The van der Waals surface area contributed by atoms with E-state index in [4.69, 9.17) is 9.29 Å². The minimum absolute atomic E-state index is 0.00178. The van der Waals surface area contributed by atoms with E-state index in [-0.39, 0.29) is 6.10 Å². The standard InChI is InChI=1S/C5H10O4S2/c6-11(7,8)10-4-5-2-1-3-9-5/h5H,1-4H2,(H,6,7,8). The average Bonchev–Trinajstić information content (AvgIpc) is 2.32. The van der Waals surface area contributed by atoms with Crippen molar-refractivity contribution < 1.29 is 17.7 Å². The zero-order valence-electron chi connectivity index (χ0n) is 5.89. The monoisotopic (exact) mass is 198 g/mol. The Balaban J connectivity index is 2.22. The molecule has 6 heteroatoms. The Morgan fingerprint density at radius 1 is 1.64 bits per heavy atom. The Labute approximate surface area is 69.5 Å². The van der Waals surface area contributed by atoms with Crippen LogP contribution in [0.25, 0.3) is 0 Å². The van der Waals surface area contributed by atoms with Crippen LogP contribution in [0.1, 0.15) is 12.8 Å². The molecule has 1 rings (SSSR count). The van der Waals surface area contributed by atoms with Crippen LogP contribution in [0.4, 0.5) is 0 Å². The van der Waals surface area contributed by atoms with Crippen LogP contribution in [-0.2, 0) is 13.9 Å². The fourth-order valence-corrected chi connectivity index (χ4v) is 2.50. The van der Waals surface area contributed by atoms with Crippen LogP contribution in [0.3, 0.4) is 0 Å². The minimum Gasteiger partial charge on any atom is -0.377 e. The van der Waals surface area contributed by atoms with E-state index < -0.39 is 9.15 Å². The molecule has 66 valence electrons. The van der Waals surface area contributed by atoms with E-state index >= 15 is 0 Å². The molecule has 0 spiro atoms. The highest BCUT2D eigenvalue weighted by atomic mass is 33.1. The van der Waals surface area contributed by atoms with Crippen LogP contribution >= 0.6 is 10.8 Å². The van der Waals surface area contributed by atoms with Gasteiger partial charge in [0.1, 0.15) is 0 Å². The van der Waals surface area contributed by atoms with Gasteiger partial charge in [0.15, 0.2) is 0 Å². The summed E-state index contributed by atoms with van der Waals surface area (Å²) in [6.45, 7) is 0.705. The Morgan fingerprint density at radius 2 is 2.36 bits per heavy atom. The maximum absolute atomic E-state index is 10.3. The van der Waals surface area contributed by atoms with Crippen molar-refractivity contribution in [1.29, 1.82) is 0 Å². The van der Waals surface area contributed by atoms with Crippen LogP contribution in [0.15, 0.2) is 0 Å². The van der Waals surface area contributed by atoms with Gasteiger partial charge in [0.25, 0.3) is 0 Å². The molecule has 0 saturated carbocycles. The van der Waals surface area contributed by atoms with Gasteiger partial charge in [-0.3, -0.25) is 4.55 Å². The SMILES string of the molecule is O=S(=O)(O)SCC1CCCO1. The van der Waals surface area contributed by atoms with Crippen LogP contribution in [-0.4, -0.2) is 31.4 Å². The molecule has 1 aliphatic heterocycles. The summed E-state index contributed by atoms with van der Waals surface area (Å²) >= 11 is 0. The molecule has 1 unspecified atom stereocenters. The summed E-state index contributed by atoms with van der Waals surface area (Å²) in [6.07, 6.45) is 1.88. The molecule has 1 N–H and O–H groups in total. The second kappa shape index (κ2) is 3.75. The van der Waals surface area contributed by atoms with Crippen LogP contribution in [0, 0.1) is 0 Å². The Kier molecular flexibility index (Phi) is 3.17. The van der Waals surface area contributed by atoms with Gasteiger partial charge in [-0.2, -0.15) is 8.42 Å². The van der Waals surface area contributed by atoms with Crippen LogP contribution < -0.4 is 0 Å². The first-order chi connectivity index (χ1) is 5.08. The zero-order chi connectivity index (χ0) is 8.32. The van der Waals surface area contributed by atoms with E-state index in [0.717, 1.165) is 12.8 Å². The highest BCUT2D eigenvalue weighted by Gasteiger charge is 2.18. The molecule has 0 aromatic heterocycles. The summed E-state index contributed by atoms with van der Waals surface area (Å²) in [5.74, 6) is 0.332. The fourth-order valence-electron chi connectivity index (χ4n) is 0.938. The van der Waals surface area contributed by atoms with Crippen molar-refractivity contribution >= 4 is 19.9 Å². The fraction of sp³-hybridized carbons (Fsp3) is 1.00. The second-order valence-corrected chi connectivity index (χ2v) is 5.74. The molecule has 11 heavy (non-hydrogen) atoms. The molecule has 0 bridgehead atoms. The van der Waals surface area contributed by atoms with Crippen molar-refractivity contribution in [3.8, 4) is 0 Å². The van der Waals surface area contributed by atoms with Gasteiger partial charge in [-0.05, 0) is 23.6 Å². The smallest absolute Gasteiger partial charge is 0.319 e. The molecule has 0 aromatic rings. The minimum atomic E-state index is -3.87. The first-order valence-electron chi connectivity index (χ1n) is 3.31. The molecule has 0 aromatic carbocycles. The van der Waals surface area contributed by atoms with E-state index in [9.17, 15) is 8.42 Å².